The molecule has 0 radical (unpaired) electrons. The van der Waals surface area contributed by atoms with Crippen molar-refractivity contribution < 1.29 is 0 Å². The van der Waals surface area contributed by atoms with Crippen LogP contribution in [0.25, 0.3) is 22.6 Å². The van der Waals surface area contributed by atoms with Crippen molar-refractivity contribution in [1.82, 2.24) is 19.4 Å². The monoisotopic (exact) mass is 495 g/mol. The molecule has 0 bridgehead atoms. The molecule has 0 amide bonds. The minimum atomic E-state index is 0.850. The number of rotatable bonds is 14. The van der Waals surface area contributed by atoms with Crippen LogP contribution in [-0.2, 0) is 19.6 Å². The lowest BCUT2D eigenvalue weighted by atomic mass is 10.1. The number of benzene rings is 2. The standard InChI is InChI=1S/C32H41N5/c1-4-7-21-36(24-26-19-20-30(33-6-3)34-23-26)25-29-31(27-15-11-9-12-16-27)35-32(37(29)22-8-5-2)28-17-13-10-14-18-28/h9-20,23H,4-8,21-22,24-25H2,1-3H3,(H,33,34). The number of hydrogen-bond acceptors (Lipinski definition) is 4. The Hall–Kier alpha value is -3.44. The fraction of sp³-hybridized carbons (Fsp3) is 0.375. The zero-order chi connectivity index (χ0) is 25.9. The summed E-state index contributed by atoms with van der Waals surface area (Å²) in [6, 6.07) is 25.6. The first-order chi connectivity index (χ1) is 18.2. The molecule has 0 unspecified atom stereocenters. The zero-order valence-corrected chi connectivity index (χ0v) is 22.7. The van der Waals surface area contributed by atoms with Crippen molar-refractivity contribution in [3.8, 4) is 22.6 Å². The quantitative estimate of drug-likeness (QED) is 0.195. The number of pyridine rings is 1. The van der Waals surface area contributed by atoms with Gasteiger partial charge in [-0.15, -0.1) is 0 Å². The van der Waals surface area contributed by atoms with E-state index in [1.54, 1.807) is 0 Å². The van der Waals surface area contributed by atoms with E-state index in [2.05, 4.69) is 113 Å². The van der Waals surface area contributed by atoms with Gasteiger partial charge >= 0.3 is 0 Å². The normalized spacial score (nSPS) is 11.2. The molecular weight excluding hydrogens is 454 g/mol. The van der Waals surface area contributed by atoms with Crippen LogP contribution < -0.4 is 5.32 Å². The molecule has 0 fully saturated rings. The molecule has 0 saturated heterocycles. The molecule has 0 aliphatic carbocycles. The van der Waals surface area contributed by atoms with E-state index in [-0.39, 0.29) is 0 Å². The number of aromatic nitrogens is 3. The number of nitrogens with one attached hydrogen (secondary N) is 1. The SMILES string of the molecule is CCCCN(Cc1ccc(NCC)nc1)Cc1c(-c2ccccc2)nc(-c2ccccc2)n1CCCC. The Kier molecular flexibility index (Phi) is 9.89. The van der Waals surface area contributed by atoms with Crippen LogP contribution in [-0.4, -0.2) is 32.5 Å². The van der Waals surface area contributed by atoms with Gasteiger partial charge in [0, 0.05) is 43.5 Å². The molecule has 2 heterocycles. The number of hydrogen-bond donors (Lipinski definition) is 1. The van der Waals surface area contributed by atoms with Crippen LogP contribution in [0.5, 0.6) is 0 Å². The van der Waals surface area contributed by atoms with Crippen LogP contribution in [0.15, 0.2) is 79.0 Å². The summed E-state index contributed by atoms with van der Waals surface area (Å²) < 4.78 is 2.48. The Morgan fingerprint density at radius 1 is 0.784 bits per heavy atom. The van der Waals surface area contributed by atoms with Gasteiger partial charge < -0.3 is 9.88 Å². The Labute approximate surface area is 222 Å². The van der Waals surface area contributed by atoms with Crippen LogP contribution in [0.4, 0.5) is 5.82 Å². The molecule has 37 heavy (non-hydrogen) atoms. The van der Waals surface area contributed by atoms with Gasteiger partial charge in [0.05, 0.1) is 11.4 Å². The summed E-state index contributed by atoms with van der Waals surface area (Å²) in [5.74, 6) is 2.00. The molecule has 2 aromatic heterocycles. The molecule has 194 valence electrons. The molecule has 5 heteroatoms. The predicted octanol–water partition coefficient (Wildman–Crippen LogP) is 7.65. The minimum Gasteiger partial charge on any atom is -0.370 e. The third kappa shape index (κ3) is 7.07. The van der Waals surface area contributed by atoms with Crippen molar-refractivity contribution in [2.45, 2.75) is 66.1 Å². The molecule has 5 nitrogen and oxygen atoms in total. The average Bonchev–Trinajstić information content (AvgIpc) is 3.30. The van der Waals surface area contributed by atoms with Crippen molar-refractivity contribution in [3.05, 3.63) is 90.3 Å². The number of anilines is 1. The summed E-state index contributed by atoms with van der Waals surface area (Å²) in [7, 11) is 0. The second-order valence-electron chi connectivity index (χ2n) is 9.61. The molecule has 2 aromatic carbocycles. The summed E-state index contributed by atoms with van der Waals surface area (Å²) in [5.41, 5.74) is 5.98. The van der Waals surface area contributed by atoms with Crippen molar-refractivity contribution in [2.24, 2.45) is 0 Å². The Morgan fingerprint density at radius 3 is 2.11 bits per heavy atom. The maximum atomic E-state index is 5.29. The van der Waals surface area contributed by atoms with Gasteiger partial charge in [0.2, 0.25) is 0 Å². The highest BCUT2D eigenvalue weighted by molar-refractivity contribution is 5.68. The molecule has 0 spiro atoms. The van der Waals surface area contributed by atoms with Crippen LogP contribution in [0.1, 0.15) is 57.7 Å². The van der Waals surface area contributed by atoms with E-state index >= 15 is 0 Å². The molecule has 0 saturated carbocycles. The highest BCUT2D eigenvalue weighted by Gasteiger charge is 2.21. The number of nitrogens with zero attached hydrogens (tertiary/aromatic N) is 4. The summed E-state index contributed by atoms with van der Waals surface area (Å²) >= 11 is 0. The highest BCUT2D eigenvalue weighted by Crippen LogP contribution is 2.31. The summed E-state index contributed by atoms with van der Waals surface area (Å²) in [5, 5.41) is 3.30. The van der Waals surface area contributed by atoms with Gasteiger partial charge in [-0.1, -0.05) is 93.4 Å². The fourth-order valence-corrected chi connectivity index (χ4v) is 4.71. The van der Waals surface area contributed by atoms with E-state index in [1.807, 2.05) is 6.20 Å². The Balaban J connectivity index is 1.74. The third-order valence-electron chi connectivity index (χ3n) is 6.68. The summed E-state index contributed by atoms with van der Waals surface area (Å²) in [6.45, 7) is 11.2. The number of unbranched alkanes of at least 4 members (excludes halogenated alkanes) is 2. The molecule has 4 aromatic rings. The first-order valence-electron chi connectivity index (χ1n) is 13.8. The summed E-state index contributed by atoms with van der Waals surface area (Å²) in [6.07, 6.45) is 6.62. The maximum absolute atomic E-state index is 5.29. The first kappa shape index (κ1) is 26.6. The molecule has 0 aliphatic rings. The topological polar surface area (TPSA) is 46.0 Å². The van der Waals surface area contributed by atoms with E-state index < -0.39 is 0 Å². The third-order valence-corrected chi connectivity index (χ3v) is 6.68. The van der Waals surface area contributed by atoms with E-state index in [0.29, 0.717) is 0 Å². The van der Waals surface area contributed by atoms with Crippen molar-refractivity contribution >= 4 is 5.82 Å². The van der Waals surface area contributed by atoms with E-state index in [0.717, 1.165) is 69.3 Å². The lowest BCUT2D eigenvalue weighted by Gasteiger charge is -2.24. The minimum absolute atomic E-state index is 0.850. The van der Waals surface area contributed by atoms with Crippen LogP contribution in [0.2, 0.25) is 0 Å². The average molecular weight is 496 g/mol. The van der Waals surface area contributed by atoms with E-state index in [1.165, 1.54) is 28.8 Å². The van der Waals surface area contributed by atoms with Crippen LogP contribution >= 0.6 is 0 Å². The van der Waals surface area contributed by atoms with Crippen molar-refractivity contribution in [2.75, 3.05) is 18.4 Å². The van der Waals surface area contributed by atoms with Gasteiger partial charge in [0.15, 0.2) is 0 Å². The van der Waals surface area contributed by atoms with E-state index in [9.17, 15) is 0 Å². The second-order valence-corrected chi connectivity index (χ2v) is 9.61. The van der Waals surface area contributed by atoms with Crippen molar-refractivity contribution in [1.29, 1.82) is 0 Å². The van der Waals surface area contributed by atoms with Gasteiger partial charge in [-0.3, -0.25) is 4.90 Å². The number of imidazole rings is 1. The first-order valence-corrected chi connectivity index (χ1v) is 13.8. The Bertz CT molecular complexity index is 1200. The fourth-order valence-electron chi connectivity index (χ4n) is 4.71. The van der Waals surface area contributed by atoms with E-state index in [4.69, 9.17) is 4.98 Å². The van der Waals surface area contributed by atoms with Crippen LogP contribution in [0.3, 0.4) is 0 Å². The molecule has 1 N–H and O–H groups in total. The van der Waals surface area contributed by atoms with Crippen molar-refractivity contribution in [3.63, 3.8) is 0 Å². The molecule has 0 atom stereocenters. The Morgan fingerprint density at radius 2 is 1.49 bits per heavy atom. The largest absolute Gasteiger partial charge is 0.370 e. The van der Waals surface area contributed by atoms with Gasteiger partial charge in [-0.25, -0.2) is 9.97 Å². The van der Waals surface area contributed by atoms with Gasteiger partial charge in [0.25, 0.3) is 0 Å². The second kappa shape index (κ2) is 13.8. The maximum Gasteiger partial charge on any atom is 0.140 e. The molecule has 4 rings (SSSR count). The zero-order valence-electron chi connectivity index (χ0n) is 22.7. The van der Waals surface area contributed by atoms with Gasteiger partial charge in [-0.05, 0) is 37.9 Å². The molecule has 0 aliphatic heterocycles. The molecular formula is C32H41N5. The van der Waals surface area contributed by atoms with Gasteiger partial charge in [0.1, 0.15) is 11.6 Å². The predicted molar refractivity (Wildman–Crippen MR) is 155 cm³/mol. The lowest BCUT2D eigenvalue weighted by Crippen LogP contribution is -2.26. The van der Waals surface area contributed by atoms with Gasteiger partial charge in [-0.2, -0.15) is 0 Å². The highest BCUT2D eigenvalue weighted by atomic mass is 15.2. The summed E-state index contributed by atoms with van der Waals surface area (Å²) in [4.78, 5) is 12.5. The smallest absolute Gasteiger partial charge is 0.140 e. The van der Waals surface area contributed by atoms with Crippen LogP contribution in [0, 0.1) is 0 Å². The lowest BCUT2D eigenvalue weighted by molar-refractivity contribution is 0.246.